The fourth-order valence-corrected chi connectivity index (χ4v) is 1.15. The monoisotopic (exact) mass is 222 g/mol. The zero-order chi connectivity index (χ0) is 12.1. The first kappa shape index (κ1) is 12.0. The summed E-state index contributed by atoms with van der Waals surface area (Å²) in [7, 11) is 1.66. The molecule has 0 spiro atoms. The standard InChI is InChI=1S/C9H14N6O/c1-7(3-4-10)14(2)8(16)5-15-6-12-9(11)13-15/h6-7H,3,5H2,1-2H3,(H2,11,13). The Morgan fingerprint density at radius 1 is 1.81 bits per heavy atom. The predicted octanol–water partition coefficient (Wildman–Crippen LogP) is -0.379. The third-order valence-corrected chi connectivity index (χ3v) is 2.29. The summed E-state index contributed by atoms with van der Waals surface area (Å²) in [5.41, 5.74) is 5.33. The maximum Gasteiger partial charge on any atom is 0.244 e. The minimum absolute atomic E-state index is 0.0798. The molecule has 0 radical (unpaired) electrons. The molecule has 0 aliphatic rings. The van der Waals surface area contributed by atoms with Gasteiger partial charge in [-0.05, 0) is 6.92 Å². The van der Waals surface area contributed by atoms with Crippen LogP contribution in [0, 0.1) is 11.3 Å². The Kier molecular flexibility index (Phi) is 3.83. The van der Waals surface area contributed by atoms with Crippen molar-refractivity contribution in [2.75, 3.05) is 12.8 Å². The van der Waals surface area contributed by atoms with Gasteiger partial charge in [-0.15, -0.1) is 5.10 Å². The lowest BCUT2D eigenvalue weighted by Gasteiger charge is -2.22. The zero-order valence-corrected chi connectivity index (χ0v) is 9.29. The molecule has 2 N–H and O–H groups in total. The van der Waals surface area contributed by atoms with Crippen molar-refractivity contribution in [3.05, 3.63) is 6.33 Å². The summed E-state index contributed by atoms with van der Waals surface area (Å²) in [4.78, 5) is 17.0. The fourth-order valence-electron chi connectivity index (χ4n) is 1.15. The molecule has 0 bridgehead atoms. The molecule has 0 aromatic carbocycles. The summed E-state index contributed by atoms with van der Waals surface area (Å²) in [6.07, 6.45) is 1.71. The molecule has 1 amide bonds. The van der Waals surface area contributed by atoms with E-state index < -0.39 is 0 Å². The smallest absolute Gasteiger partial charge is 0.244 e. The van der Waals surface area contributed by atoms with Crippen LogP contribution in [0.5, 0.6) is 0 Å². The van der Waals surface area contributed by atoms with Gasteiger partial charge in [-0.1, -0.05) is 0 Å². The zero-order valence-electron chi connectivity index (χ0n) is 9.29. The number of hydrogen-bond acceptors (Lipinski definition) is 5. The molecule has 16 heavy (non-hydrogen) atoms. The molecule has 1 heterocycles. The molecule has 1 aromatic heterocycles. The van der Waals surface area contributed by atoms with Crippen molar-refractivity contribution >= 4 is 11.9 Å². The third kappa shape index (κ3) is 2.95. The summed E-state index contributed by atoms with van der Waals surface area (Å²) in [6, 6.07) is 1.91. The summed E-state index contributed by atoms with van der Waals surface area (Å²) < 4.78 is 1.37. The molecule has 0 aliphatic carbocycles. The van der Waals surface area contributed by atoms with Crippen molar-refractivity contribution in [3.8, 4) is 6.07 Å². The van der Waals surface area contributed by atoms with Gasteiger partial charge in [0, 0.05) is 13.1 Å². The second kappa shape index (κ2) is 5.11. The van der Waals surface area contributed by atoms with Crippen molar-refractivity contribution in [3.63, 3.8) is 0 Å². The lowest BCUT2D eigenvalue weighted by atomic mass is 10.2. The Morgan fingerprint density at radius 3 is 3.00 bits per heavy atom. The molecule has 0 saturated carbocycles. The highest BCUT2D eigenvalue weighted by atomic mass is 16.2. The number of hydrogen-bond donors (Lipinski definition) is 1. The Labute approximate surface area is 93.5 Å². The van der Waals surface area contributed by atoms with Crippen LogP contribution in [0.4, 0.5) is 5.95 Å². The SMILES string of the molecule is CC(CC#N)N(C)C(=O)Cn1cnc(N)n1. The summed E-state index contributed by atoms with van der Waals surface area (Å²) >= 11 is 0. The molecule has 1 unspecified atom stereocenters. The molecule has 7 heteroatoms. The van der Waals surface area contributed by atoms with Crippen LogP contribution in [0.15, 0.2) is 6.33 Å². The predicted molar refractivity (Wildman–Crippen MR) is 56.9 cm³/mol. The van der Waals surface area contributed by atoms with Crippen molar-refractivity contribution in [2.45, 2.75) is 25.9 Å². The number of carbonyl (C=O) groups is 1. The van der Waals surface area contributed by atoms with Gasteiger partial charge in [-0.2, -0.15) is 5.26 Å². The summed E-state index contributed by atoms with van der Waals surface area (Å²) in [5.74, 6) is 0.00757. The number of aromatic nitrogens is 3. The van der Waals surface area contributed by atoms with E-state index in [2.05, 4.69) is 10.1 Å². The van der Waals surface area contributed by atoms with E-state index in [0.29, 0.717) is 6.42 Å². The Bertz CT molecular complexity index is 406. The van der Waals surface area contributed by atoms with Gasteiger partial charge in [-0.25, -0.2) is 9.67 Å². The average Bonchev–Trinajstić information content (AvgIpc) is 2.63. The lowest BCUT2D eigenvalue weighted by molar-refractivity contribution is -0.132. The Hall–Kier alpha value is -2.10. The van der Waals surface area contributed by atoms with Gasteiger partial charge in [0.1, 0.15) is 12.9 Å². The van der Waals surface area contributed by atoms with Crippen molar-refractivity contribution in [2.24, 2.45) is 0 Å². The molecule has 1 rings (SSSR count). The first-order valence-electron chi connectivity index (χ1n) is 4.82. The van der Waals surface area contributed by atoms with Crippen LogP contribution in [-0.4, -0.2) is 38.7 Å². The second-order valence-electron chi connectivity index (χ2n) is 3.52. The molecule has 1 aromatic rings. The molecular formula is C9H14N6O. The highest BCUT2D eigenvalue weighted by molar-refractivity contribution is 5.75. The minimum Gasteiger partial charge on any atom is -0.367 e. The molecule has 0 aliphatic heterocycles. The third-order valence-electron chi connectivity index (χ3n) is 2.29. The number of nitrogens with two attached hydrogens (primary N) is 1. The minimum atomic E-state index is -0.132. The summed E-state index contributed by atoms with van der Waals surface area (Å²) in [5, 5.41) is 12.3. The quantitative estimate of drug-likeness (QED) is 0.748. The Balaban J connectivity index is 2.55. The molecule has 1 atom stereocenters. The van der Waals surface area contributed by atoms with Crippen LogP contribution in [0.2, 0.25) is 0 Å². The number of amides is 1. The van der Waals surface area contributed by atoms with E-state index in [9.17, 15) is 4.79 Å². The van der Waals surface area contributed by atoms with Crippen LogP contribution in [0.1, 0.15) is 13.3 Å². The lowest BCUT2D eigenvalue weighted by Crippen LogP contribution is -2.37. The number of nitrogen functional groups attached to an aromatic ring is 1. The van der Waals surface area contributed by atoms with Crippen LogP contribution in [0.25, 0.3) is 0 Å². The van der Waals surface area contributed by atoms with E-state index in [-0.39, 0.29) is 24.4 Å². The number of likely N-dealkylation sites (N-methyl/N-ethyl adjacent to an activating group) is 1. The molecular weight excluding hydrogens is 208 g/mol. The van der Waals surface area contributed by atoms with Crippen LogP contribution >= 0.6 is 0 Å². The van der Waals surface area contributed by atoms with Gasteiger partial charge in [0.2, 0.25) is 11.9 Å². The second-order valence-corrected chi connectivity index (χ2v) is 3.52. The van der Waals surface area contributed by atoms with Crippen molar-refractivity contribution in [1.82, 2.24) is 19.7 Å². The highest BCUT2D eigenvalue weighted by Gasteiger charge is 2.16. The topological polar surface area (TPSA) is 101 Å². The molecule has 0 fully saturated rings. The summed E-state index contributed by atoms with van der Waals surface area (Å²) in [6.45, 7) is 1.90. The number of carbonyl (C=O) groups excluding carboxylic acids is 1. The number of nitrogens with zero attached hydrogens (tertiary/aromatic N) is 5. The van der Waals surface area contributed by atoms with E-state index in [0.717, 1.165) is 0 Å². The number of rotatable bonds is 4. The van der Waals surface area contributed by atoms with Gasteiger partial charge < -0.3 is 10.6 Å². The maximum atomic E-state index is 11.7. The van der Waals surface area contributed by atoms with Gasteiger partial charge in [-0.3, -0.25) is 4.79 Å². The van der Waals surface area contributed by atoms with E-state index in [1.807, 2.05) is 13.0 Å². The van der Waals surface area contributed by atoms with E-state index >= 15 is 0 Å². The first-order chi connectivity index (χ1) is 7.54. The average molecular weight is 222 g/mol. The van der Waals surface area contributed by atoms with Crippen LogP contribution in [0.3, 0.4) is 0 Å². The van der Waals surface area contributed by atoms with Gasteiger partial charge in [0.15, 0.2) is 0 Å². The van der Waals surface area contributed by atoms with Gasteiger partial charge in [0.05, 0.1) is 12.5 Å². The Morgan fingerprint density at radius 2 is 2.50 bits per heavy atom. The fraction of sp³-hybridized carbons (Fsp3) is 0.556. The highest BCUT2D eigenvalue weighted by Crippen LogP contribution is 2.02. The largest absolute Gasteiger partial charge is 0.367 e. The molecule has 7 nitrogen and oxygen atoms in total. The molecule has 86 valence electrons. The normalized spacial score (nSPS) is 11.8. The van der Waals surface area contributed by atoms with Crippen LogP contribution in [-0.2, 0) is 11.3 Å². The van der Waals surface area contributed by atoms with E-state index in [1.165, 1.54) is 15.9 Å². The maximum absolute atomic E-state index is 11.7. The van der Waals surface area contributed by atoms with Gasteiger partial charge >= 0.3 is 0 Å². The van der Waals surface area contributed by atoms with Gasteiger partial charge in [0.25, 0.3) is 0 Å². The van der Waals surface area contributed by atoms with Crippen LogP contribution < -0.4 is 5.73 Å². The first-order valence-corrected chi connectivity index (χ1v) is 4.82. The molecule has 0 saturated heterocycles. The van der Waals surface area contributed by atoms with E-state index in [4.69, 9.17) is 11.0 Å². The number of nitriles is 1. The van der Waals surface area contributed by atoms with E-state index in [1.54, 1.807) is 7.05 Å². The van der Waals surface area contributed by atoms with Crippen molar-refractivity contribution in [1.29, 1.82) is 5.26 Å². The van der Waals surface area contributed by atoms with Crippen molar-refractivity contribution < 1.29 is 4.79 Å². The number of anilines is 1.